The van der Waals surface area contributed by atoms with Gasteiger partial charge in [-0.05, 0) is 43.2 Å². The Labute approximate surface area is 156 Å². The van der Waals surface area contributed by atoms with Gasteiger partial charge in [-0.15, -0.1) is 11.3 Å². The summed E-state index contributed by atoms with van der Waals surface area (Å²) in [6, 6.07) is 9.51. The van der Waals surface area contributed by atoms with Crippen LogP contribution in [0.2, 0.25) is 9.36 Å². The molecule has 0 spiro atoms. The van der Waals surface area contributed by atoms with Crippen molar-refractivity contribution in [2.45, 2.75) is 38.6 Å². The van der Waals surface area contributed by atoms with Crippen LogP contribution in [-0.2, 0) is 11.3 Å². The Morgan fingerprint density at radius 3 is 2.58 bits per heavy atom. The molecule has 1 heterocycles. The molecule has 0 unspecified atom stereocenters. The van der Waals surface area contributed by atoms with Crippen molar-refractivity contribution in [3.05, 3.63) is 44.6 Å². The van der Waals surface area contributed by atoms with Crippen LogP contribution in [0.4, 0.5) is 11.4 Å². The van der Waals surface area contributed by atoms with Crippen molar-refractivity contribution in [1.82, 2.24) is 0 Å². The van der Waals surface area contributed by atoms with Gasteiger partial charge in [0, 0.05) is 23.0 Å². The first-order chi connectivity index (χ1) is 11.6. The highest BCUT2D eigenvalue weighted by atomic mass is 35.5. The number of hydrogen-bond acceptors (Lipinski definition) is 3. The SMILES string of the molecule is O=C(Nc1ccc(NCc2ccc(Cl)s2)cc1Cl)C1CCCCC1. The summed E-state index contributed by atoms with van der Waals surface area (Å²) in [5.41, 5.74) is 1.59. The maximum atomic E-state index is 12.3. The van der Waals surface area contributed by atoms with E-state index in [9.17, 15) is 4.79 Å². The lowest BCUT2D eigenvalue weighted by Gasteiger charge is -2.21. The van der Waals surface area contributed by atoms with Crippen LogP contribution in [0.5, 0.6) is 0 Å². The third-order valence-corrected chi connectivity index (χ3v) is 5.84. The molecule has 6 heteroatoms. The van der Waals surface area contributed by atoms with Gasteiger partial charge in [-0.2, -0.15) is 0 Å². The van der Waals surface area contributed by atoms with Crippen LogP contribution in [0.1, 0.15) is 37.0 Å². The number of amides is 1. The lowest BCUT2D eigenvalue weighted by Crippen LogP contribution is -2.24. The maximum absolute atomic E-state index is 12.3. The molecule has 1 saturated carbocycles. The van der Waals surface area contributed by atoms with Gasteiger partial charge >= 0.3 is 0 Å². The summed E-state index contributed by atoms with van der Waals surface area (Å²) in [4.78, 5) is 13.5. The summed E-state index contributed by atoms with van der Waals surface area (Å²) < 4.78 is 0.783. The first-order valence-corrected chi connectivity index (χ1v) is 9.77. The number of rotatable bonds is 5. The van der Waals surface area contributed by atoms with E-state index in [0.29, 0.717) is 17.3 Å². The first-order valence-electron chi connectivity index (χ1n) is 8.20. The molecule has 1 aliphatic carbocycles. The van der Waals surface area contributed by atoms with E-state index in [1.165, 1.54) is 6.42 Å². The highest BCUT2D eigenvalue weighted by molar-refractivity contribution is 7.16. The maximum Gasteiger partial charge on any atom is 0.227 e. The molecule has 0 aliphatic heterocycles. The molecule has 1 fully saturated rings. The number of nitrogens with one attached hydrogen (secondary N) is 2. The summed E-state index contributed by atoms with van der Waals surface area (Å²) >= 11 is 13.8. The molecular formula is C18H20Cl2N2OS. The van der Waals surface area contributed by atoms with Crippen LogP contribution in [0.3, 0.4) is 0 Å². The van der Waals surface area contributed by atoms with E-state index >= 15 is 0 Å². The minimum absolute atomic E-state index is 0.0885. The molecule has 3 nitrogen and oxygen atoms in total. The molecule has 24 heavy (non-hydrogen) atoms. The largest absolute Gasteiger partial charge is 0.380 e. The van der Waals surface area contributed by atoms with Gasteiger partial charge in [-0.25, -0.2) is 0 Å². The predicted octanol–water partition coefficient (Wildman–Crippen LogP) is 6.19. The van der Waals surface area contributed by atoms with Crippen molar-refractivity contribution < 1.29 is 4.79 Å². The summed E-state index contributed by atoms with van der Waals surface area (Å²) in [5, 5.41) is 6.83. The van der Waals surface area contributed by atoms with Crippen LogP contribution in [0.15, 0.2) is 30.3 Å². The smallest absolute Gasteiger partial charge is 0.227 e. The molecule has 1 amide bonds. The van der Waals surface area contributed by atoms with Crippen LogP contribution < -0.4 is 10.6 Å². The lowest BCUT2D eigenvalue weighted by molar-refractivity contribution is -0.120. The second kappa shape index (κ2) is 8.24. The van der Waals surface area contributed by atoms with Crippen LogP contribution in [-0.4, -0.2) is 5.91 Å². The highest BCUT2D eigenvalue weighted by Crippen LogP contribution is 2.29. The van der Waals surface area contributed by atoms with Gasteiger partial charge in [-0.3, -0.25) is 4.79 Å². The fourth-order valence-electron chi connectivity index (χ4n) is 2.96. The number of thiophene rings is 1. The molecule has 2 N–H and O–H groups in total. The van der Waals surface area contributed by atoms with Gasteiger partial charge in [0.2, 0.25) is 5.91 Å². The first kappa shape index (κ1) is 17.6. The topological polar surface area (TPSA) is 41.1 Å². The second-order valence-electron chi connectivity index (χ2n) is 6.08. The molecule has 0 bridgehead atoms. The molecule has 1 aromatic heterocycles. The Kier molecular flexibility index (Phi) is 6.04. The van der Waals surface area contributed by atoms with Gasteiger partial charge in [0.25, 0.3) is 0 Å². The van der Waals surface area contributed by atoms with Crippen LogP contribution in [0.25, 0.3) is 0 Å². The standard InChI is InChI=1S/C18H20Cl2N2OS/c19-15-10-13(21-11-14-7-9-17(20)24-14)6-8-16(15)22-18(23)12-4-2-1-3-5-12/h6-10,12,21H,1-5,11H2,(H,22,23). The van der Waals surface area contributed by atoms with E-state index < -0.39 is 0 Å². The average molecular weight is 383 g/mol. The fourth-order valence-corrected chi connectivity index (χ4v) is 4.22. The van der Waals surface area contributed by atoms with E-state index in [1.54, 1.807) is 11.3 Å². The van der Waals surface area contributed by atoms with Crippen molar-refractivity contribution in [2.75, 3.05) is 10.6 Å². The fraction of sp³-hybridized carbons (Fsp3) is 0.389. The van der Waals surface area contributed by atoms with Gasteiger partial charge in [0.05, 0.1) is 15.0 Å². The molecule has 3 rings (SSSR count). The van der Waals surface area contributed by atoms with Gasteiger partial charge < -0.3 is 10.6 Å². The van der Waals surface area contributed by atoms with Gasteiger partial charge in [-0.1, -0.05) is 42.5 Å². The summed E-state index contributed by atoms with van der Waals surface area (Å²) in [5.74, 6) is 0.210. The molecule has 2 aromatic rings. The number of hydrogen-bond donors (Lipinski definition) is 2. The lowest BCUT2D eigenvalue weighted by atomic mass is 9.88. The number of halogens is 2. The monoisotopic (exact) mass is 382 g/mol. The van der Waals surface area contributed by atoms with Crippen molar-refractivity contribution >= 4 is 51.8 Å². The zero-order valence-corrected chi connectivity index (χ0v) is 15.6. The minimum Gasteiger partial charge on any atom is -0.380 e. The quantitative estimate of drug-likeness (QED) is 0.647. The molecule has 0 saturated heterocycles. The zero-order chi connectivity index (χ0) is 16.9. The summed E-state index contributed by atoms with van der Waals surface area (Å²) in [7, 11) is 0. The Bertz CT molecular complexity index is 711. The minimum atomic E-state index is 0.0885. The summed E-state index contributed by atoms with van der Waals surface area (Å²) in [6.45, 7) is 0.696. The Balaban J connectivity index is 1.58. The normalized spacial score (nSPS) is 15.2. The molecule has 128 valence electrons. The summed E-state index contributed by atoms with van der Waals surface area (Å²) in [6.07, 6.45) is 5.47. The Morgan fingerprint density at radius 2 is 1.92 bits per heavy atom. The van der Waals surface area contributed by atoms with Gasteiger partial charge in [0.1, 0.15) is 0 Å². The molecule has 1 aliphatic rings. The average Bonchev–Trinajstić information content (AvgIpc) is 3.01. The van der Waals surface area contributed by atoms with Crippen molar-refractivity contribution in [2.24, 2.45) is 5.92 Å². The number of anilines is 2. The van der Waals surface area contributed by atoms with Crippen molar-refractivity contribution in [1.29, 1.82) is 0 Å². The van der Waals surface area contributed by atoms with E-state index in [1.807, 2.05) is 30.3 Å². The molecule has 0 radical (unpaired) electrons. The van der Waals surface area contributed by atoms with E-state index in [-0.39, 0.29) is 11.8 Å². The molecular weight excluding hydrogens is 363 g/mol. The Morgan fingerprint density at radius 1 is 1.12 bits per heavy atom. The third-order valence-electron chi connectivity index (χ3n) is 4.30. The van der Waals surface area contributed by atoms with E-state index in [4.69, 9.17) is 23.2 Å². The third kappa shape index (κ3) is 4.65. The Hall–Kier alpha value is -1.23. The molecule has 1 aromatic carbocycles. The highest BCUT2D eigenvalue weighted by Gasteiger charge is 2.21. The second-order valence-corrected chi connectivity index (χ2v) is 8.29. The zero-order valence-electron chi connectivity index (χ0n) is 13.3. The molecule has 0 atom stereocenters. The van der Waals surface area contributed by atoms with Gasteiger partial charge in [0.15, 0.2) is 0 Å². The van der Waals surface area contributed by atoms with Crippen molar-refractivity contribution in [3.63, 3.8) is 0 Å². The van der Waals surface area contributed by atoms with Crippen molar-refractivity contribution in [3.8, 4) is 0 Å². The van der Waals surface area contributed by atoms with Crippen LogP contribution >= 0.6 is 34.5 Å². The number of carbonyl (C=O) groups excluding carboxylic acids is 1. The van der Waals surface area contributed by atoms with Crippen LogP contribution in [0, 0.1) is 5.92 Å². The van der Waals surface area contributed by atoms with E-state index in [0.717, 1.165) is 40.6 Å². The number of benzene rings is 1. The number of carbonyl (C=O) groups is 1. The predicted molar refractivity (Wildman–Crippen MR) is 103 cm³/mol. The van der Waals surface area contributed by atoms with E-state index in [2.05, 4.69) is 10.6 Å².